The van der Waals surface area contributed by atoms with Crippen molar-refractivity contribution in [1.82, 2.24) is 14.5 Å². The van der Waals surface area contributed by atoms with Crippen LogP contribution in [0.3, 0.4) is 0 Å². The summed E-state index contributed by atoms with van der Waals surface area (Å²) in [5.74, 6) is -1.12. The van der Waals surface area contributed by atoms with E-state index in [1.165, 1.54) is 6.33 Å². The number of rotatable bonds is 2. The molecule has 0 N–H and O–H groups in total. The van der Waals surface area contributed by atoms with Crippen molar-refractivity contribution >= 4 is 28.6 Å². The van der Waals surface area contributed by atoms with Gasteiger partial charge in [-0.25, -0.2) is 9.97 Å². The fourth-order valence-electron chi connectivity index (χ4n) is 5.03. The molecule has 32 heavy (non-hydrogen) atoms. The molecular formula is C23H22ClN3O5. The van der Waals surface area contributed by atoms with Gasteiger partial charge in [0.2, 0.25) is 0 Å². The quantitative estimate of drug-likeness (QED) is 0.545. The second-order valence-corrected chi connectivity index (χ2v) is 9.34. The van der Waals surface area contributed by atoms with Gasteiger partial charge in [-0.1, -0.05) is 17.7 Å². The van der Waals surface area contributed by atoms with Gasteiger partial charge in [0.25, 0.3) is 0 Å². The van der Waals surface area contributed by atoms with Crippen molar-refractivity contribution in [3.05, 3.63) is 58.6 Å². The van der Waals surface area contributed by atoms with Crippen LogP contribution in [-0.4, -0.2) is 44.6 Å². The molecule has 2 aromatic heterocycles. The fourth-order valence-corrected chi connectivity index (χ4v) is 5.22. The van der Waals surface area contributed by atoms with E-state index >= 15 is 0 Å². The monoisotopic (exact) mass is 455 g/mol. The third-order valence-electron chi connectivity index (χ3n) is 6.35. The van der Waals surface area contributed by atoms with Crippen molar-refractivity contribution in [2.24, 2.45) is 0 Å². The van der Waals surface area contributed by atoms with Crippen LogP contribution >= 0.6 is 11.6 Å². The van der Waals surface area contributed by atoms with Gasteiger partial charge in [0.1, 0.15) is 30.3 Å². The minimum Gasteiger partial charge on any atom is -0.454 e. The first-order chi connectivity index (χ1) is 15.3. The number of hydrogen-bond acceptors (Lipinski definition) is 7. The van der Waals surface area contributed by atoms with Crippen LogP contribution in [0.15, 0.2) is 36.8 Å². The van der Waals surface area contributed by atoms with Crippen molar-refractivity contribution in [2.75, 3.05) is 0 Å². The van der Waals surface area contributed by atoms with E-state index in [0.29, 0.717) is 5.02 Å². The van der Waals surface area contributed by atoms with Crippen LogP contribution in [0, 0.1) is 6.92 Å². The molecule has 5 heterocycles. The number of cyclic esters (lactones) is 1. The van der Waals surface area contributed by atoms with Crippen LogP contribution in [-0.2, 0) is 30.2 Å². The number of nitrogens with zero attached hydrogens (tertiary/aromatic N) is 3. The van der Waals surface area contributed by atoms with Crippen molar-refractivity contribution in [3.63, 3.8) is 0 Å². The first-order valence-electron chi connectivity index (χ1n) is 10.6. The molecule has 0 saturated carbocycles. The van der Waals surface area contributed by atoms with Crippen LogP contribution in [0.5, 0.6) is 0 Å². The number of hydrogen-bond donors (Lipinski definition) is 0. The Labute approximate surface area is 189 Å². The Kier molecular flexibility index (Phi) is 4.39. The van der Waals surface area contributed by atoms with E-state index < -0.39 is 36.4 Å². The standard InChI is InChI=1S/C23H22ClN3O5/c1-11-14-6-7-27(21(14)26-10-25-11)22-20-19(31-23(2,3)32-20)18(30-22)17-15-5-4-13(24)8-12(15)9-16(28)29-17/h4-8,10,17-20,22H,9H2,1-3H3/t17-,18-,19-,20-,22-/m1/s1. The van der Waals surface area contributed by atoms with Gasteiger partial charge in [-0.3, -0.25) is 4.79 Å². The van der Waals surface area contributed by atoms with Gasteiger partial charge in [0.05, 0.1) is 12.1 Å². The lowest BCUT2D eigenvalue weighted by molar-refractivity contribution is -0.212. The summed E-state index contributed by atoms with van der Waals surface area (Å²) >= 11 is 6.17. The molecule has 0 unspecified atom stereocenters. The van der Waals surface area contributed by atoms with Gasteiger partial charge in [0, 0.05) is 16.6 Å². The Morgan fingerprint density at radius 1 is 1.12 bits per heavy atom. The lowest BCUT2D eigenvalue weighted by Gasteiger charge is -2.32. The minimum atomic E-state index is -0.801. The summed E-state index contributed by atoms with van der Waals surface area (Å²) in [7, 11) is 0. The Bertz CT molecular complexity index is 1240. The van der Waals surface area contributed by atoms with E-state index in [4.69, 9.17) is 30.5 Å². The maximum atomic E-state index is 12.4. The minimum absolute atomic E-state index is 0.178. The molecule has 2 saturated heterocycles. The summed E-state index contributed by atoms with van der Waals surface area (Å²) in [4.78, 5) is 21.2. The summed E-state index contributed by atoms with van der Waals surface area (Å²) < 4.78 is 26.8. The zero-order valence-electron chi connectivity index (χ0n) is 17.8. The molecule has 3 aromatic rings. The van der Waals surface area contributed by atoms with E-state index in [9.17, 15) is 4.79 Å². The number of carbonyl (C=O) groups is 1. The van der Waals surface area contributed by atoms with Crippen LogP contribution in [0.2, 0.25) is 5.02 Å². The zero-order chi connectivity index (χ0) is 22.2. The van der Waals surface area contributed by atoms with Gasteiger partial charge >= 0.3 is 5.97 Å². The molecule has 0 bridgehead atoms. The van der Waals surface area contributed by atoms with E-state index in [1.807, 2.05) is 49.7 Å². The van der Waals surface area contributed by atoms with E-state index in [2.05, 4.69) is 9.97 Å². The second kappa shape index (κ2) is 6.99. The summed E-state index contributed by atoms with van der Waals surface area (Å²) in [6.45, 7) is 5.69. The van der Waals surface area contributed by atoms with Crippen LogP contribution in [0.25, 0.3) is 11.0 Å². The zero-order valence-corrected chi connectivity index (χ0v) is 18.6. The molecule has 3 aliphatic heterocycles. The first kappa shape index (κ1) is 20.1. The van der Waals surface area contributed by atoms with Crippen LogP contribution in [0.4, 0.5) is 0 Å². The summed E-state index contributed by atoms with van der Waals surface area (Å²) in [6.07, 6.45) is 1.11. The Morgan fingerprint density at radius 2 is 1.94 bits per heavy atom. The molecule has 0 amide bonds. The van der Waals surface area contributed by atoms with E-state index in [-0.39, 0.29) is 12.4 Å². The summed E-state index contributed by atoms with van der Waals surface area (Å²) in [5.41, 5.74) is 3.36. The molecule has 1 aromatic carbocycles. The van der Waals surface area contributed by atoms with Gasteiger partial charge in [-0.05, 0) is 50.1 Å². The molecule has 5 atom stereocenters. The van der Waals surface area contributed by atoms with Gasteiger partial charge in [-0.2, -0.15) is 0 Å². The molecular weight excluding hydrogens is 434 g/mol. The topological polar surface area (TPSA) is 84.7 Å². The van der Waals surface area contributed by atoms with Gasteiger partial charge < -0.3 is 23.5 Å². The number of aryl methyl sites for hydroxylation is 1. The SMILES string of the molecule is Cc1ncnc2c1ccn2[C@@H]1O[C@H]([C@@H]2OC(=O)Cc3cc(Cl)ccc32)[C@H]2OC(C)(C)O[C@H]21. The molecule has 9 heteroatoms. The number of benzene rings is 1. The molecule has 0 radical (unpaired) electrons. The molecule has 6 rings (SSSR count). The average molecular weight is 456 g/mol. The third kappa shape index (κ3) is 3.05. The molecule has 2 fully saturated rings. The predicted octanol–water partition coefficient (Wildman–Crippen LogP) is 3.65. The van der Waals surface area contributed by atoms with Crippen molar-refractivity contribution in [2.45, 2.75) is 63.6 Å². The highest BCUT2D eigenvalue weighted by Gasteiger charge is 2.59. The highest BCUT2D eigenvalue weighted by Crippen LogP contribution is 2.49. The lowest BCUT2D eigenvalue weighted by atomic mass is 9.91. The number of ether oxygens (including phenoxy) is 4. The first-order valence-corrected chi connectivity index (χ1v) is 11.0. The van der Waals surface area contributed by atoms with Crippen molar-refractivity contribution in [1.29, 1.82) is 0 Å². The normalized spacial score (nSPS) is 30.9. The Balaban J connectivity index is 1.43. The highest BCUT2D eigenvalue weighted by atomic mass is 35.5. The fraction of sp³-hybridized carbons (Fsp3) is 0.435. The molecule has 166 valence electrons. The Morgan fingerprint density at radius 3 is 2.78 bits per heavy atom. The van der Waals surface area contributed by atoms with Crippen molar-refractivity contribution < 1.29 is 23.7 Å². The number of esters is 1. The highest BCUT2D eigenvalue weighted by molar-refractivity contribution is 6.30. The van der Waals surface area contributed by atoms with Crippen LogP contribution in [0.1, 0.15) is 43.0 Å². The smallest absolute Gasteiger partial charge is 0.310 e. The number of carbonyl (C=O) groups excluding carboxylic acids is 1. The summed E-state index contributed by atoms with van der Waals surface area (Å²) in [6, 6.07) is 7.47. The predicted molar refractivity (Wildman–Crippen MR) is 114 cm³/mol. The average Bonchev–Trinajstić information content (AvgIpc) is 3.38. The number of aromatic nitrogens is 3. The number of fused-ring (bicyclic) bond motifs is 3. The maximum absolute atomic E-state index is 12.4. The lowest BCUT2D eigenvalue weighted by Crippen LogP contribution is -2.38. The second-order valence-electron chi connectivity index (χ2n) is 8.91. The van der Waals surface area contributed by atoms with Crippen LogP contribution < -0.4 is 0 Å². The molecule has 8 nitrogen and oxygen atoms in total. The summed E-state index contributed by atoms with van der Waals surface area (Å²) in [5, 5.41) is 1.52. The van der Waals surface area contributed by atoms with E-state index in [1.54, 1.807) is 6.07 Å². The maximum Gasteiger partial charge on any atom is 0.310 e. The Hall–Kier alpha value is -2.52. The van der Waals surface area contributed by atoms with Crippen molar-refractivity contribution in [3.8, 4) is 0 Å². The van der Waals surface area contributed by atoms with E-state index in [0.717, 1.165) is 27.9 Å². The van der Waals surface area contributed by atoms with Gasteiger partial charge in [-0.15, -0.1) is 0 Å². The largest absolute Gasteiger partial charge is 0.454 e. The number of halogens is 1. The molecule has 3 aliphatic rings. The third-order valence-corrected chi connectivity index (χ3v) is 6.59. The molecule has 0 aliphatic carbocycles. The van der Waals surface area contributed by atoms with Gasteiger partial charge in [0.15, 0.2) is 18.1 Å². The molecule has 0 spiro atoms.